The van der Waals surface area contributed by atoms with Crippen LogP contribution in [0.1, 0.15) is 13.3 Å². The molecule has 0 saturated carbocycles. The third kappa shape index (κ3) is 4.90. The Hall–Kier alpha value is -0.880. The smallest absolute Gasteiger partial charge is 0.255 e. The molecule has 20 heavy (non-hydrogen) atoms. The SMILES string of the molecule is CCCS(=O)(=O)c1ccc(N(CCCl)CC(F)F)cc1. The normalized spacial score (nSPS) is 11.8. The molecule has 0 heterocycles. The molecule has 0 aromatic heterocycles. The molecule has 0 radical (unpaired) electrons. The number of alkyl halides is 3. The van der Waals surface area contributed by atoms with Gasteiger partial charge in [0.25, 0.3) is 6.43 Å². The molecule has 3 nitrogen and oxygen atoms in total. The summed E-state index contributed by atoms with van der Waals surface area (Å²) in [6, 6.07) is 5.98. The van der Waals surface area contributed by atoms with Crippen molar-refractivity contribution in [3.63, 3.8) is 0 Å². The maximum absolute atomic E-state index is 12.5. The molecule has 1 aromatic carbocycles. The molecule has 0 atom stereocenters. The quantitative estimate of drug-likeness (QED) is 0.689. The van der Waals surface area contributed by atoms with Crippen LogP contribution in [-0.2, 0) is 9.84 Å². The fraction of sp³-hybridized carbons (Fsp3) is 0.538. The van der Waals surface area contributed by atoms with Crippen LogP contribution in [0, 0.1) is 0 Å². The summed E-state index contributed by atoms with van der Waals surface area (Å²) in [5, 5.41) is 0. The zero-order chi connectivity index (χ0) is 15.2. The molecular formula is C13H18ClF2NO2S. The van der Waals surface area contributed by atoms with Crippen LogP contribution in [-0.4, -0.2) is 39.6 Å². The predicted octanol–water partition coefficient (Wildman–Crippen LogP) is 3.18. The Kier molecular flexibility index (Phi) is 6.68. The molecule has 0 amide bonds. The van der Waals surface area contributed by atoms with E-state index in [0.29, 0.717) is 12.1 Å². The van der Waals surface area contributed by atoms with Crippen molar-refractivity contribution in [1.29, 1.82) is 0 Å². The van der Waals surface area contributed by atoms with E-state index in [9.17, 15) is 17.2 Å². The summed E-state index contributed by atoms with van der Waals surface area (Å²) in [5.41, 5.74) is 0.543. The zero-order valence-corrected chi connectivity index (χ0v) is 12.8. The standard InChI is InChI=1S/C13H18ClF2NO2S/c1-2-9-20(18,19)12-5-3-11(4-6-12)17(8-7-14)10-13(15)16/h3-6,13H,2,7-10H2,1H3. The van der Waals surface area contributed by atoms with Gasteiger partial charge in [0, 0.05) is 18.1 Å². The number of sulfone groups is 1. The van der Waals surface area contributed by atoms with Crippen LogP contribution in [0.4, 0.5) is 14.5 Å². The minimum absolute atomic E-state index is 0.0781. The highest BCUT2D eigenvalue weighted by Gasteiger charge is 2.15. The second-order valence-electron chi connectivity index (χ2n) is 4.34. The lowest BCUT2D eigenvalue weighted by Gasteiger charge is -2.23. The van der Waals surface area contributed by atoms with E-state index in [1.807, 2.05) is 0 Å². The molecule has 0 bridgehead atoms. The van der Waals surface area contributed by atoms with Crippen molar-refractivity contribution >= 4 is 27.1 Å². The topological polar surface area (TPSA) is 37.4 Å². The van der Waals surface area contributed by atoms with Crippen molar-refractivity contribution in [1.82, 2.24) is 0 Å². The minimum Gasteiger partial charge on any atom is -0.365 e. The first-order valence-electron chi connectivity index (χ1n) is 6.32. The van der Waals surface area contributed by atoms with E-state index in [1.54, 1.807) is 6.92 Å². The van der Waals surface area contributed by atoms with Gasteiger partial charge in [0.2, 0.25) is 0 Å². The zero-order valence-electron chi connectivity index (χ0n) is 11.2. The third-order valence-electron chi connectivity index (χ3n) is 2.75. The van der Waals surface area contributed by atoms with Crippen molar-refractivity contribution in [3.8, 4) is 0 Å². The van der Waals surface area contributed by atoms with Crippen LogP contribution in [0.3, 0.4) is 0 Å². The van der Waals surface area contributed by atoms with E-state index in [0.717, 1.165) is 0 Å². The van der Waals surface area contributed by atoms with Gasteiger partial charge in [-0.2, -0.15) is 0 Å². The van der Waals surface area contributed by atoms with E-state index in [4.69, 9.17) is 11.6 Å². The second kappa shape index (κ2) is 7.78. The summed E-state index contributed by atoms with van der Waals surface area (Å²) in [5.74, 6) is 0.303. The number of halogens is 3. The van der Waals surface area contributed by atoms with Crippen molar-refractivity contribution in [2.75, 3.05) is 29.6 Å². The largest absolute Gasteiger partial charge is 0.365 e. The lowest BCUT2D eigenvalue weighted by molar-refractivity contribution is 0.155. The van der Waals surface area contributed by atoms with E-state index in [-0.39, 0.29) is 23.1 Å². The van der Waals surface area contributed by atoms with Crippen LogP contribution in [0.5, 0.6) is 0 Å². The molecule has 0 fully saturated rings. The van der Waals surface area contributed by atoms with Gasteiger partial charge in [0.05, 0.1) is 17.2 Å². The fourth-order valence-electron chi connectivity index (χ4n) is 1.85. The van der Waals surface area contributed by atoms with Crippen molar-refractivity contribution < 1.29 is 17.2 Å². The summed E-state index contributed by atoms with van der Waals surface area (Å²) in [6.07, 6.45) is -1.94. The maximum atomic E-state index is 12.5. The number of rotatable bonds is 8. The highest BCUT2D eigenvalue weighted by molar-refractivity contribution is 7.91. The molecule has 0 aliphatic carbocycles. The molecule has 114 valence electrons. The van der Waals surface area contributed by atoms with Crippen molar-refractivity contribution in [2.24, 2.45) is 0 Å². The van der Waals surface area contributed by atoms with Gasteiger partial charge < -0.3 is 4.90 Å². The summed E-state index contributed by atoms with van der Waals surface area (Å²) in [4.78, 5) is 1.65. The maximum Gasteiger partial charge on any atom is 0.255 e. The predicted molar refractivity (Wildman–Crippen MR) is 77.7 cm³/mol. The Bertz CT molecular complexity index is 506. The Morgan fingerprint density at radius 3 is 2.30 bits per heavy atom. The minimum atomic E-state index is -3.28. The van der Waals surface area contributed by atoms with Crippen molar-refractivity contribution in [3.05, 3.63) is 24.3 Å². The molecule has 0 aliphatic heterocycles. The summed E-state index contributed by atoms with van der Waals surface area (Å²) in [7, 11) is -3.28. The van der Waals surface area contributed by atoms with Crippen LogP contribution < -0.4 is 4.90 Å². The molecular weight excluding hydrogens is 308 g/mol. The van der Waals surface area contributed by atoms with Crippen molar-refractivity contribution in [2.45, 2.75) is 24.7 Å². The van der Waals surface area contributed by atoms with Crippen LogP contribution in [0.25, 0.3) is 0 Å². The molecule has 0 aliphatic rings. The highest BCUT2D eigenvalue weighted by atomic mass is 35.5. The van der Waals surface area contributed by atoms with Gasteiger partial charge in [-0.15, -0.1) is 11.6 Å². The number of hydrogen-bond acceptors (Lipinski definition) is 3. The van der Waals surface area contributed by atoms with E-state index >= 15 is 0 Å². The Labute approximate surface area is 123 Å². The van der Waals surface area contributed by atoms with Gasteiger partial charge >= 0.3 is 0 Å². The fourth-order valence-corrected chi connectivity index (χ4v) is 3.37. The van der Waals surface area contributed by atoms with E-state index in [1.165, 1.54) is 29.2 Å². The molecule has 0 unspecified atom stereocenters. The van der Waals surface area contributed by atoms with Gasteiger partial charge in [-0.05, 0) is 30.7 Å². The number of hydrogen-bond donors (Lipinski definition) is 0. The number of benzene rings is 1. The van der Waals surface area contributed by atoms with Gasteiger partial charge in [-0.1, -0.05) is 6.92 Å². The first-order valence-corrected chi connectivity index (χ1v) is 8.51. The third-order valence-corrected chi connectivity index (χ3v) is 4.85. The molecule has 7 heteroatoms. The van der Waals surface area contributed by atoms with Crippen LogP contribution >= 0.6 is 11.6 Å². The summed E-state index contributed by atoms with van der Waals surface area (Å²) in [6.45, 7) is 1.65. The Balaban J connectivity index is 2.93. The van der Waals surface area contributed by atoms with Gasteiger partial charge in [-0.3, -0.25) is 0 Å². The first-order chi connectivity index (χ1) is 9.40. The monoisotopic (exact) mass is 325 g/mol. The lowest BCUT2D eigenvalue weighted by atomic mass is 10.3. The molecule has 0 spiro atoms. The average molecular weight is 326 g/mol. The molecule has 0 N–H and O–H groups in total. The molecule has 1 rings (SSSR count). The van der Waals surface area contributed by atoms with Crippen LogP contribution in [0.2, 0.25) is 0 Å². The Morgan fingerprint density at radius 2 is 1.85 bits per heavy atom. The summed E-state index contributed by atoms with van der Waals surface area (Å²) < 4.78 is 48.7. The molecule has 0 saturated heterocycles. The van der Waals surface area contributed by atoms with Crippen LogP contribution in [0.15, 0.2) is 29.2 Å². The molecule has 1 aromatic rings. The second-order valence-corrected chi connectivity index (χ2v) is 6.83. The highest BCUT2D eigenvalue weighted by Crippen LogP contribution is 2.20. The number of anilines is 1. The van der Waals surface area contributed by atoms with E-state index in [2.05, 4.69) is 0 Å². The summed E-state index contributed by atoms with van der Waals surface area (Å²) >= 11 is 5.59. The average Bonchev–Trinajstić information content (AvgIpc) is 2.38. The van der Waals surface area contributed by atoms with Gasteiger partial charge in [-0.25, -0.2) is 17.2 Å². The first kappa shape index (κ1) is 17.2. The number of nitrogens with zero attached hydrogens (tertiary/aromatic N) is 1. The Morgan fingerprint density at radius 1 is 1.25 bits per heavy atom. The van der Waals surface area contributed by atoms with Gasteiger partial charge in [0.1, 0.15) is 0 Å². The van der Waals surface area contributed by atoms with E-state index < -0.39 is 22.8 Å². The lowest BCUT2D eigenvalue weighted by Crippen LogP contribution is -2.30. The van der Waals surface area contributed by atoms with Gasteiger partial charge in [0.15, 0.2) is 9.84 Å².